The van der Waals surface area contributed by atoms with E-state index in [0.29, 0.717) is 0 Å². The molecule has 0 aliphatic carbocycles. The molecule has 0 aromatic heterocycles. The van der Waals surface area contributed by atoms with E-state index in [9.17, 15) is 9.90 Å². The number of hydrogen-bond donors (Lipinski definition) is 2. The predicted molar refractivity (Wildman–Crippen MR) is 63.9 cm³/mol. The van der Waals surface area contributed by atoms with Crippen LogP contribution in [-0.2, 0) is 4.79 Å². The monoisotopic (exact) mass is 228 g/mol. The number of aliphatic hydroxyl groups is 1. The van der Waals surface area contributed by atoms with E-state index < -0.39 is 6.04 Å². The minimum Gasteiger partial charge on any atom is -0.394 e. The van der Waals surface area contributed by atoms with Crippen molar-refractivity contribution < 1.29 is 9.90 Å². The Morgan fingerprint density at radius 3 is 2.81 bits per heavy atom. The van der Waals surface area contributed by atoms with E-state index >= 15 is 0 Å². The molecule has 1 rings (SSSR count). The number of nitrogens with two attached hydrogens (primary N) is 1. The number of aliphatic hydroxyl groups excluding tert-OH is 1. The SMILES string of the molecule is CCC(C)C(N)C(=O)N1CCCCC1CO. The molecule has 1 saturated heterocycles. The predicted octanol–water partition coefficient (Wildman–Crippen LogP) is 0.733. The highest BCUT2D eigenvalue weighted by Gasteiger charge is 2.31. The van der Waals surface area contributed by atoms with Gasteiger partial charge in [0, 0.05) is 6.54 Å². The van der Waals surface area contributed by atoms with E-state index in [0.717, 1.165) is 32.2 Å². The maximum atomic E-state index is 12.2. The van der Waals surface area contributed by atoms with Crippen molar-refractivity contribution >= 4 is 5.91 Å². The minimum absolute atomic E-state index is 0.00750. The van der Waals surface area contributed by atoms with Crippen LogP contribution in [0.15, 0.2) is 0 Å². The van der Waals surface area contributed by atoms with Gasteiger partial charge in [0.2, 0.25) is 5.91 Å². The summed E-state index contributed by atoms with van der Waals surface area (Å²) < 4.78 is 0. The van der Waals surface area contributed by atoms with E-state index in [4.69, 9.17) is 5.73 Å². The van der Waals surface area contributed by atoms with Crippen LogP contribution in [0.4, 0.5) is 0 Å². The Bertz CT molecular complexity index is 233. The van der Waals surface area contributed by atoms with E-state index in [1.807, 2.05) is 13.8 Å². The number of carbonyl (C=O) groups is 1. The van der Waals surface area contributed by atoms with Gasteiger partial charge in [0.05, 0.1) is 18.7 Å². The molecule has 0 aromatic carbocycles. The number of carbonyl (C=O) groups excluding carboxylic acids is 1. The molecule has 3 unspecified atom stereocenters. The van der Waals surface area contributed by atoms with E-state index in [1.165, 1.54) is 0 Å². The Kier molecular flexibility index (Phi) is 5.22. The lowest BCUT2D eigenvalue weighted by atomic mass is 9.96. The summed E-state index contributed by atoms with van der Waals surface area (Å²) >= 11 is 0. The minimum atomic E-state index is -0.419. The molecule has 16 heavy (non-hydrogen) atoms. The number of amides is 1. The Morgan fingerprint density at radius 1 is 1.56 bits per heavy atom. The molecular formula is C12H24N2O2. The van der Waals surface area contributed by atoms with Crippen molar-refractivity contribution in [3.63, 3.8) is 0 Å². The summed E-state index contributed by atoms with van der Waals surface area (Å²) in [6.07, 6.45) is 3.92. The highest BCUT2D eigenvalue weighted by molar-refractivity contribution is 5.82. The Hall–Kier alpha value is -0.610. The van der Waals surface area contributed by atoms with Crippen molar-refractivity contribution in [2.75, 3.05) is 13.2 Å². The maximum Gasteiger partial charge on any atom is 0.240 e. The largest absolute Gasteiger partial charge is 0.394 e. The van der Waals surface area contributed by atoms with Crippen LogP contribution in [0.1, 0.15) is 39.5 Å². The van der Waals surface area contributed by atoms with Gasteiger partial charge in [-0.2, -0.15) is 0 Å². The molecule has 1 aliphatic rings. The van der Waals surface area contributed by atoms with Crippen molar-refractivity contribution in [1.29, 1.82) is 0 Å². The molecule has 1 amide bonds. The van der Waals surface area contributed by atoms with Gasteiger partial charge < -0.3 is 15.7 Å². The number of rotatable bonds is 4. The first-order valence-corrected chi connectivity index (χ1v) is 6.28. The van der Waals surface area contributed by atoms with Gasteiger partial charge in [-0.05, 0) is 25.2 Å². The summed E-state index contributed by atoms with van der Waals surface area (Å²) in [5.74, 6) is 0.210. The molecule has 0 spiro atoms. The third kappa shape index (κ3) is 2.95. The molecule has 3 N–H and O–H groups in total. The second-order valence-corrected chi connectivity index (χ2v) is 4.78. The smallest absolute Gasteiger partial charge is 0.240 e. The standard InChI is InChI=1S/C12H24N2O2/c1-3-9(2)11(13)12(16)14-7-5-4-6-10(14)8-15/h9-11,15H,3-8,13H2,1-2H3. The summed E-state index contributed by atoms with van der Waals surface area (Å²) in [6, 6.07) is -0.437. The first kappa shape index (κ1) is 13.5. The quantitative estimate of drug-likeness (QED) is 0.745. The van der Waals surface area contributed by atoms with Crippen LogP contribution in [-0.4, -0.2) is 41.1 Å². The summed E-state index contributed by atoms with van der Waals surface area (Å²) in [5.41, 5.74) is 5.95. The number of nitrogens with zero attached hydrogens (tertiary/aromatic N) is 1. The van der Waals surface area contributed by atoms with Gasteiger partial charge >= 0.3 is 0 Å². The fourth-order valence-corrected chi connectivity index (χ4v) is 2.17. The van der Waals surface area contributed by atoms with Gasteiger partial charge in [-0.15, -0.1) is 0 Å². The number of hydrogen-bond acceptors (Lipinski definition) is 3. The third-order valence-electron chi connectivity index (χ3n) is 3.66. The van der Waals surface area contributed by atoms with Gasteiger partial charge in [-0.3, -0.25) is 4.79 Å². The number of piperidine rings is 1. The zero-order valence-corrected chi connectivity index (χ0v) is 10.4. The summed E-state index contributed by atoms with van der Waals surface area (Å²) in [5, 5.41) is 9.25. The van der Waals surface area contributed by atoms with Gasteiger partial charge in [-0.1, -0.05) is 20.3 Å². The highest BCUT2D eigenvalue weighted by atomic mass is 16.3. The van der Waals surface area contributed by atoms with Crippen molar-refractivity contribution in [3.05, 3.63) is 0 Å². The average molecular weight is 228 g/mol. The first-order valence-electron chi connectivity index (χ1n) is 6.28. The van der Waals surface area contributed by atoms with E-state index in [1.54, 1.807) is 4.90 Å². The van der Waals surface area contributed by atoms with Crippen LogP contribution in [0, 0.1) is 5.92 Å². The van der Waals surface area contributed by atoms with Crippen molar-refractivity contribution in [3.8, 4) is 0 Å². The second kappa shape index (κ2) is 6.21. The molecule has 1 heterocycles. The summed E-state index contributed by atoms with van der Waals surface area (Å²) in [7, 11) is 0. The maximum absolute atomic E-state index is 12.2. The molecule has 1 aliphatic heterocycles. The Morgan fingerprint density at radius 2 is 2.25 bits per heavy atom. The normalized spacial score (nSPS) is 25.2. The first-order chi connectivity index (χ1) is 7.61. The second-order valence-electron chi connectivity index (χ2n) is 4.78. The van der Waals surface area contributed by atoms with Crippen LogP contribution in [0.2, 0.25) is 0 Å². The molecule has 1 fully saturated rings. The lowest BCUT2D eigenvalue weighted by Crippen LogP contribution is -2.53. The molecule has 0 bridgehead atoms. The molecular weight excluding hydrogens is 204 g/mol. The van der Waals surface area contributed by atoms with Crippen molar-refractivity contribution in [2.24, 2.45) is 11.7 Å². The third-order valence-corrected chi connectivity index (χ3v) is 3.66. The molecule has 94 valence electrons. The van der Waals surface area contributed by atoms with Gasteiger partial charge in [-0.25, -0.2) is 0 Å². The summed E-state index contributed by atoms with van der Waals surface area (Å²) in [6.45, 7) is 4.84. The summed E-state index contributed by atoms with van der Waals surface area (Å²) in [4.78, 5) is 13.9. The zero-order chi connectivity index (χ0) is 12.1. The van der Waals surface area contributed by atoms with Gasteiger partial charge in [0.1, 0.15) is 0 Å². The molecule has 0 radical (unpaired) electrons. The van der Waals surface area contributed by atoms with Crippen molar-refractivity contribution in [2.45, 2.75) is 51.6 Å². The lowest BCUT2D eigenvalue weighted by Gasteiger charge is -2.37. The number of likely N-dealkylation sites (tertiary alicyclic amines) is 1. The fraction of sp³-hybridized carbons (Fsp3) is 0.917. The average Bonchev–Trinajstić information content (AvgIpc) is 2.35. The molecule has 3 atom stereocenters. The van der Waals surface area contributed by atoms with Crippen molar-refractivity contribution in [1.82, 2.24) is 4.90 Å². The van der Waals surface area contributed by atoms with Gasteiger partial charge in [0.15, 0.2) is 0 Å². The van der Waals surface area contributed by atoms with E-state index in [2.05, 4.69) is 0 Å². The van der Waals surface area contributed by atoms with Crippen LogP contribution < -0.4 is 5.73 Å². The Balaban J connectivity index is 2.63. The topological polar surface area (TPSA) is 66.6 Å². The molecule has 0 aromatic rings. The molecule has 4 heteroatoms. The Labute approximate surface area is 97.8 Å². The molecule has 4 nitrogen and oxygen atoms in total. The van der Waals surface area contributed by atoms with Crippen LogP contribution in [0.5, 0.6) is 0 Å². The van der Waals surface area contributed by atoms with Crippen LogP contribution >= 0.6 is 0 Å². The van der Waals surface area contributed by atoms with Gasteiger partial charge in [0.25, 0.3) is 0 Å². The molecule has 0 saturated carbocycles. The van der Waals surface area contributed by atoms with E-state index in [-0.39, 0.29) is 24.5 Å². The highest BCUT2D eigenvalue weighted by Crippen LogP contribution is 2.19. The van der Waals surface area contributed by atoms with Crippen LogP contribution in [0.3, 0.4) is 0 Å². The zero-order valence-electron chi connectivity index (χ0n) is 10.4. The fourth-order valence-electron chi connectivity index (χ4n) is 2.17. The van der Waals surface area contributed by atoms with Crippen LogP contribution in [0.25, 0.3) is 0 Å². The lowest BCUT2D eigenvalue weighted by molar-refractivity contribution is -0.138.